The van der Waals surface area contributed by atoms with E-state index >= 15 is 0 Å². The first-order valence-corrected chi connectivity index (χ1v) is 13.8. The van der Waals surface area contributed by atoms with Crippen LogP contribution in [-0.2, 0) is 11.3 Å². The summed E-state index contributed by atoms with van der Waals surface area (Å²) in [5.74, 6) is 0.0237. The van der Waals surface area contributed by atoms with E-state index in [9.17, 15) is 9.90 Å². The molecular formula is C30H36Cl2N2O3S. The zero-order chi connectivity index (χ0) is 25.1. The molecule has 0 aromatic heterocycles. The smallest absolute Gasteiger partial charge is 0.308 e. The lowest BCUT2D eigenvalue weighted by atomic mass is 9.66. The molecule has 3 heterocycles. The van der Waals surface area contributed by atoms with Gasteiger partial charge in [0, 0.05) is 36.0 Å². The van der Waals surface area contributed by atoms with Crippen molar-refractivity contribution in [1.82, 2.24) is 10.2 Å². The predicted octanol–water partition coefficient (Wildman–Crippen LogP) is 5.96. The summed E-state index contributed by atoms with van der Waals surface area (Å²) in [6, 6.07) is 27.8. The number of aliphatic carboxylic acids is 1. The number of hydrogen-bond donors (Lipinski definition) is 2. The Bertz CT molecular complexity index is 1150. The first-order chi connectivity index (χ1) is 17.6. The van der Waals surface area contributed by atoms with E-state index in [4.69, 9.17) is 4.74 Å². The van der Waals surface area contributed by atoms with Gasteiger partial charge in [-0.25, -0.2) is 0 Å². The van der Waals surface area contributed by atoms with Crippen molar-refractivity contribution in [1.29, 1.82) is 0 Å². The number of nitrogens with zero attached hydrogens (tertiary/aromatic N) is 1. The highest BCUT2D eigenvalue weighted by molar-refractivity contribution is 7.98. The Balaban J connectivity index is 0.00000200. The van der Waals surface area contributed by atoms with Gasteiger partial charge >= 0.3 is 5.97 Å². The van der Waals surface area contributed by atoms with Gasteiger partial charge in [0.2, 0.25) is 0 Å². The second-order valence-electron chi connectivity index (χ2n) is 9.77. The van der Waals surface area contributed by atoms with Crippen LogP contribution < -0.4 is 10.1 Å². The van der Waals surface area contributed by atoms with Gasteiger partial charge in [-0.2, -0.15) is 0 Å². The molecule has 3 fully saturated rings. The van der Waals surface area contributed by atoms with Crippen LogP contribution in [0, 0.1) is 11.8 Å². The number of rotatable bonds is 9. The molecule has 2 bridgehead atoms. The highest BCUT2D eigenvalue weighted by Crippen LogP contribution is 2.44. The second kappa shape index (κ2) is 13.7. The molecule has 0 amide bonds. The average Bonchev–Trinajstić information content (AvgIpc) is 2.93. The number of carboxylic acid groups (broad SMARTS) is 1. The SMILES string of the molecule is COc1ccc(SC)c(CN[C@H]2[C@H]3CCN(C[C@@H]3C(=O)O)[C@@H]2C(c2ccccc2)c2ccccc2)c1.Cl.Cl. The highest BCUT2D eigenvalue weighted by Gasteiger charge is 2.52. The quantitative estimate of drug-likeness (QED) is 0.308. The third-order valence-electron chi connectivity index (χ3n) is 7.94. The van der Waals surface area contributed by atoms with Crippen LogP contribution >= 0.6 is 36.6 Å². The monoisotopic (exact) mass is 574 g/mol. The molecule has 3 aromatic carbocycles. The van der Waals surface area contributed by atoms with Gasteiger partial charge in [0.25, 0.3) is 0 Å². The van der Waals surface area contributed by atoms with Crippen molar-refractivity contribution < 1.29 is 14.6 Å². The number of benzene rings is 3. The van der Waals surface area contributed by atoms with Crippen molar-refractivity contribution in [3.05, 3.63) is 95.6 Å². The fraction of sp³-hybridized carbons (Fsp3) is 0.367. The lowest BCUT2D eigenvalue weighted by Crippen LogP contribution is -2.68. The average molecular weight is 576 g/mol. The summed E-state index contributed by atoms with van der Waals surface area (Å²) in [6.07, 6.45) is 2.98. The molecule has 6 rings (SSSR count). The fourth-order valence-electron chi connectivity index (χ4n) is 6.28. The van der Waals surface area contributed by atoms with E-state index in [1.54, 1.807) is 18.9 Å². The summed E-state index contributed by atoms with van der Waals surface area (Å²) >= 11 is 1.72. The summed E-state index contributed by atoms with van der Waals surface area (Å²) in [5.41, 5.74) is 3.72. The second-order valence-corrected chi connectivity index (χ2v) is 10.6. The summed E-state index contributed by atoms with van der Waals surface area (Å²) < 4.78 is 5.50. The van der Waals surface area contributed by atoms with Crippen LogP contribution in [0.15, 0.2) is 83.8 Å². The molecule has 3 aliphatic rings. The van der Waals surface area contributed by atoms with Crippen molar-refractivity contribution >= 4 is 42.5 Å². The van der Waals surface area contributed by atoms with E-state index < -0.39 is 5.97 Å². The standard InChI is InChI=1S/C30H34N2O3S.2ClH/c1-35-23-13-14-26(36-2)22(17-23)18-31-28-24-15-16-32(19-25(24)30(33)34)29(28)27(20-9-5-3-6-10-20)21-11-7-4-8-12-21;;/h3-14,17,24-25,27-29,31H,15-16,18-19H2,1-2H3,(H,33,34);2*1H/t24-,25-,28-,29+;;/m0../s1. The maximum Gasteiger partial charge on any atom is 0.308 e. The normalized spacial score (nSPS) is 23.8. The number of nitrogens with one attached hydrogen (secondary N) is 1. The summed E-state index contributed by atoms with van der Waals surface area (Å²) in [7, 11) is 1.69. The van der Waals surface area contributed by atoms with Crippen molar-refractivity contribution in [2.75, 3.05) is 26.5 Å². The number of thioether (sulfide) groups is 1. The molecule has 3 aliphatic heterocycles. The molecule has 3 saturated heterocycles. The Kier molecular flexibility index (Phi) is 10.9. The number of methoxy groups -OCH3 is 1. The zero-order valence-corrected chi connectivity index (χ0v) is 24.1. The number of halogens is 2. The van der Waals surface area contributed by atoms with E-state index in [1.165, 1.54) is 21.6 Å². The van der Waals surface area contributed by atoms with Crippen molar-refractivity contribution in [3.63, 3.8) is 0 Å². The van der Waals surface area contributed by atoms with Crippen molar-refractivity contribution in [2.24, 2.45) is 11.8 Å². The van der Waals surface area contributed by atoms with Crippen LogP contribution in [-0.4, -0.2) is 54.5 Å². The molecular weight excluding hydrogens is 539 g/mol. The Morgan fingerprint density at radius 3 is 2.24 bits per heavy atom. The molecule has 5 nitrogen and oxygen atoms in total. The molecule has 2 N–H and O–H groups in total. The lowest BCUT2D eigenvalue weighted by molar-refractivity contribution is -0.152. The molecule has 1 unspecified atom stereocenters. The molecule has 0 saturated carbocycles. The van der Waals surface area contributed by atoms with Gasteiger partial charge in [0.1, 0.15) is 5.75 Å². The number of carboxylic acids is 1. The Morgan fingerprint density at radius 2 is 1.68 bits per heavy atom. The van der Waals surface area contributed by atoms with Gasteiger partial charge in [-0.05, 0) is 60.0 Å². The molecule has 38 heavy (non-hydrogen) atoms. The summed E-state index contributed by atoms with van der Waals surface area (Å²) in [4.78, 5) is 15.9. The van der Waals surface area contributed by atoms with Gasteiger partial charge < -0.3 is 15.2 Å². The summed E-state index contributed by atoms with van der Waals surface area (Å²) in [5, 5.41) is 14.0. The number of piperidine rings is 3. The maximum absolute atomic E-state index is 12.3. The third kappa shape index (κ3) is 6.16. The molecule has 0 spiro atoms. The van der Waals surface area contributed by atoms with Gasteiger partial charge in [0.05, 0.1) is 13.0 Å². The van der Waals surface area contributed by atoms with E-state index in [0.717, 1.165) is 18.7 Å². The van der Waals surface area contributed by atoms with Gasteiger partial charge in [-0.15, -0.1) is 36.6 Å². The lowest BCUT2D eigenvalue weighted by Gasteiger charge is -2.56. The molecule has 8 heteroatoms. The molecule has 0 radical (unpaired) electrons. The summed E-state index contributed by atoms with van der Waals surface area (Å²) in [6.45, 7) is 2.21. The predicted molar refractivity (Wildman–Crippen MR) is 159 cm³/mol. The Morgan fingerprint density at radius 1 is 1.05 bits per heavy atom. The molecule has 0 aliphatic carbocycles. The third-order valence-corrected chi connectivity index (χ3v) is 8.78. The van der Waals surface area contributed by atoms with Crippen LogP contribution in [0.4, 0.5) is 0 Å². The highest BCUT2D eigenvalue weighted by atomic mass is 35.5. The van der Waals surface area contributed by atoms with Gasteiger partial charge in [0.15, 0.2) is 0 Å². The topological polar surface area (TPSA) is 61.8 Å². The minimum atomic E-state index is -0.683. The maximum atomic E-state index is 12.3. The minimum absolute atomic E-state index is 0. The van der Waals surface area contributed by atoms with Crippen LogP contribution in [0.2, 0.25) is 0 Å². The molecule has 5 atom stereocenters. The number of hydrogen-bond acceptors (Lipinski definition) is 5. The number of carbonyl (C=O) groups is 1. The van der Waals surface area contributed by atoms with Crippen LogP contribution in [0.1, 0.15) is 29.0 Å². The zero-order valence-electron chi connectivity index (χ0n) is 21.7. The molecule has 204 valence electrons. The van der Waals surface area contributed by atoms with Crippen molar-refractivity contribution in [2.45, 2.75) is 35.9 Å². The first kappa shape index (κ1) is 30.3. The van der Waals surface area contributed by atoms with Crippen LogP contribution in [0.3, 0.4) is 0 Å². The molecule has 3 aromatic rings. The van der Waals surface area contributed by atoms with Crippen molar-refractivity contribution in [3.8, 4) is 5.75 Å². The Labute approximate surface area is 242 Å². The van der Waals surface area contributed by atoms with Crippen LogP contribution in [0.5, 0.6) is 5.75 Å². The number of ether oxygens (including phenoxy) is 1. The van der Waals surface area contributed by atoms with E-state index in [1.807, 2.05) is 6.07 Å². The fourth-order valence-corrected chi connectivity index (χ4v) is 6.88. The van der Waals surface area contributed by atoms with Gasteiger partial charge in [-0.3, -0.25) is 9.69 Å². The first-order valence-electron chi connectivity index (χ1n) is 12.6. The van der Waals surface area contributed by atoms with E-state index in [0.29, 0.717) is 13.1 Å². The van der Waals surface area contributed by atoms with Gasteiger partial charge in [-0.1, -0.05) is 60.7 Å². The van der Waals surface area contributed by atoms with Crippen LogP contribution in [0.25, 0.3) is 0 Å². The van der Waals surface area contributed by atoms with E-state index in [-0.39, 0.29) is 54.7 Å². The minimum Gasteiger partial charge on any atom is -0.497 e. The van der Waals surface area contributed by atoms with E-state index in [2.05, 4.69) is 89.3 Å². The largest absolute Gasteiger partial charge is 0.497 e. The Hall–Kier alpha value is -2.22. The number of fused-ring (bicyclic) bond motifs is 3.